The molecule has 7 atom stereocenters. The highest BCUT2D eigenvalue weighted by Gasteiger charge is 2.36. The molecule has 1 fully saturated rings. The summed E-state index contributed by atoms with van der Waals surface area (Å²) in [5, 5.41) is 39.1. The van der Waals surface area contributed by atoms with Crippen LogP contribution in [0.1, 0.15) is 65.4 Å². The van der Waals surface area contributed by atoms with Crippen molar-refractivity contribution in [3.8, 4) is 5.75 Å². The minimum absolute atomic E-state index is 0.0652. The zero-order chi connectivity index (χ0) is 48.3. The van der Waals surface area contributed by atoms with E-state index in [0.717, 1.165) is 4.90 Å². The summed E-state index contributed by atoms with van der Waals surface area (Å²) in [5.41, 5.74) is 11.0. The van der Waals surface area contributed by atoms with Crippen LogP contribution in [0.4, 0.5) is 0 Å². The summed E-state index contributed by atoms with van der Waals surface area (Å²) in [6.45, 7) is 3.99. The number of carbonyl (C=O) groups excluding carboxylic acids is 11. The molecular weight excluding hydrogens is 843 g/mol. The van der Waals surface area contributed by atoms with Gasteiger partial charge in [0.15, 0.2) is 0 Å². The van der Waals surface area contributed by atoms with Crippen LogP contribution in [-0.4, -0.2) is 150 Å². The van der Waals surface area contributed by atoms with Crippen LogP contribution in [0.3, 0.4) is 0 Å². The van der Waals surface area contributed by atoms with E-state index in [1.54, 1.807) is 27.7 Å². The van der Waals surface area contributed by atoms with Crippen molar-refractivity contribution in [2.45, 2.75) is 102 Å². The number of aliphatic hydroxyl groups excluding tert-OH is 1. The number of likely N-dealkylation sites (N-methyl/N-ethyl adjacent to an activating group) is 1. The van der Waals surface area contributed by atoms with Crippen molar-refractivity contribution in [2.24, 2.45) is 23.3 Å². The number of hydrogen-bond acceptors (Lipinski definition) is 13. The number of nitrogens with two attached hydrogens (primary N) is 2. The number of nitrogens with one attached hydrogen (secondary N) is 8. The summed E-state index contributed by atoms with van der Waals surface area (Å²) in [6, 6.07) is -3.33. The topological polar surface area (TPSA) is 380 Å². The Morgan fingerprint density at radius 3 is 2.00 bits per heavy atom. The molecule has 0 radical (unpaired) electrons. The summed E-state index contributed by atoms with van der Waals surface area (Å²) >= 11 is 0. The second kappa shape index (κ2) is 25.9. The molecule has 2 rings (SSSR count). The second-order valence-corrected chi connectivity index (χ2v) is 15.8. The third-order valence-electron chi connectivity index (χ3n) is 9.95. The number of primary amides is 2. The fourth-order valence-electron chi connectivity index (χ4n) is 6.29. The van der Waals surface area contributed by atoms with Gasteiger partial charge in [0, 0.05) is 19.9 Å². The lowest BCUT2D eigenvalue weighted by Gasteiger charge is -2.29. The van der Waals surface area contributed by atoms with Gasteiger partial charge in [-0.15, -0.1) is 0 Å². The quantitative estimate of drug-likeness (QED) is 0.0739. The van der Waals surface area contributed by atoms with Crippen LogP contribution >= 0.6 is 0 Å². The van der Waals surface area contributed by atoms with E-state index in [0.29, 0.717) is 12.0 Å². The molecule has 354 valence electrons. The number of rotatable bonds is 16. The van der Waals surface area contributed by atoms with Gasteiger partial charge in [-0.2, -0.15) is 0 Å². The summed E-state index contributed by atoms with van der Waals surface area (Å²) in [4.78, 5) is 145. The molecule has 0 aromatic heterocycles. The van der Waals surface area contributed by atoms with E-state index in [1.165, 1.54) is 31.3 Å². The fraction of sp³-hybridized carbons (Fsp3) is 0.575. The van der Waals surface area contributed by atoms with E-state index in [4.69, 9.17) is 11.5 Å². The lowest BCUT2D eigenvalue weighted by atomic mass is 9.96. The molecule has 0 saturated carbocycles. The molecule has 1 heterocycles. The highest BCUT2D eigenvalue weighted by Crippen LogP contribution is 2.14. The van der Waals surface area contributed by atoms with Crippen LogP contribution in [0.2, 0.25) is 0 Å². The summed E-state index contributed by atoms with van der Waals surface area (Å²) in [5.74, 6) is -11.0. The molecule has 14 N–H and O–H groups in total. The summed E-state index contributed by atoms with van der Waals surface area (Å²) in [6.07, 6.45) is -1.53. The van der Waals surface area contributed by atoms with Crippen molar-refractivity contribution in [1.82, 2.24) is 47.4 Å². The third-order valence-corrected chi connectivity index (χ3v) is 9.95. The van der Waals surface area contributed by atoms with Crippen LogP contribution < -0.4 is 54.0 Å². The predicted molar refractivity (Wildman–Crippen MR) is 225 cm³/mol. The Bertz CT molecular complexity index is 1880. The van der Waals surface area contributed by atoms with E-state index >= 15 is 0 Å². The number of aromatic hydroxyl groups is 1. The minimum Gasteiger partial charge on any atom is -0.508 e. The van der Waals surface area contributed by atoms with E-state index in [-0.39, 0.29) is 24.5 Å². The average Bonchev–Trinajstić information content (AvgIpc) is 3.22. The van der Waals surface area contributed by atoms with Gasteiger partial charge in [-0.3, -0.25) is 52.7 Å². The molecule has 64 heavy (non-hydrogen) atoms. The number of phenolic OH excluding ortho intramolecular Hbond substituents is 1. The van der Waals surface area contributed by atoms with Gasteiger partial charge in [-0.05, 0) is 42.4 Å². The molecule has 0 unspecified atom stereocenters. The van der Waals surface area contributed by atoms with Gasteiger partial charge in [0.2, 0.25) is 65.0 Å². The Balaban J connectivity index is 2.51. The SMILES string of the molecule is CC[C@H](C)[C@@H]1NC(=O)[C@H](Cc2ccc(O)cc2)NC(=O)CNC(=O)CC[C@@H](C(=O)N(C)CC(=O)N[C@@H](CC(C)C)C(=O)NCC(N)=O)NC(=O)[C@H](CC(N)=O)NC(=O)[C@H](CO)NC1=O. The smallest absolute Gasteiger partial charge is 0.245 e. The van der Waals surface area contributed by atoms with Crippen LogP contribution in [0.15, 0.2) is 24.3 Å². The first-order valence-corrected chi connectivity index (χ1v) is 20.6. The van der Waals surface area contributed by atoms with E-state index < -0.39 is 153 Å². The zero-order valence-electron chi connectivity index (χ0n) is 36.5. The maximum absolute atomic E-state index is 13.9. The number of aliphatic hydroxyl groups is 1. The Hall–Kier alpha value is -6.85. The zero-order valence-corrected chi connectivity index (χ0v) is 36.5. The van der Waals surface area contributed by atoms with E-state index in [1.807, 2.05) is 0 Å². The van der Waals surface area contributed by atoms with Gasteiger partial charge in [0.05, 0.1) is 32.7 Å². The monoisotopic (exact) mass is 903 g/mol. The minimum atomic E-state index is -1.82. The lowest BCUT2D eigenvalue weighted by Crippen LogP contribution is -2.61. The molecule has 1 aromatic carbocycles. The average molecular weight is 904 g/mol. The number of carbonyl (C=O) groups is 11. The fourth-order valence-corrected chi connectivity index (χ4v) is 6.29. The maximum atomic E-state index is 13.9. The normalized spacial score (nSPS) is 21.6. The van der Waals surface area contributed by atoms with Crippen molar-refractivity contribution < 1.29 is 63.0 Å². The first-order chi connectivity index (χ1) is 30.0. The van der Waals surface area contributed by atoms with Crippen LogP contribution in [0.5, 0.6) is 5.75 Å². The highest BCUT2D eigenvalue weighted by atomic mass is 16.3. The molecule has 1 aliphatic rings. The van der Waals surface area contributed by atoms with Crippen LogP contribution in [0.25, 0.3) is 0 Å². The molecular formula is C40H61N11O13. The van der Waals surface area contributed by atoms with Crippen molar-refractivity contribution in [3.63, 3.8) is 0 Å². The van der Waals surface area contributed by atoms with Crippen molar-refractivity contribution >= 4 is 65.0 Å². The Morgan fingerprint density at radius 1 is 0.812 bits per heavy atom. The molecule has 0 bridgehead atoms. The molecule has 1 aromatic rings. The molecule has 1 saturated heterocycles. The number of hydrogen-bond donors (Lipinski definition) is 12. The van der Waals surface area contributed by atoms with Gasteiger partial charge in [-0.25, -0.2) is 0 Å². The largest absolute Gasteiger partial charge is 0.508 e. The van der Waals surface area contributed by atoms with Gasteiger partial charge in [0.25, 0.3) is 0 Å². The van der Waals surface area contributed by atoms with E-state index in [9.17, 15) is 63.0 Å². The molecule has 11 amide bonds. The van der Waals surface area contributed by atoms with Crippen molar-refractivity contribution in [2.75, 3.05) is 33.3 Å². The second-order valence-electron chi connectivity index (χ2n) is 15.8. The van der Waals surface area contributed by atoms with Gasteiger partial charge in [-0.1, -0.05) is 46.2 Å². The Kier molecular flexibility index (Phi) is 21.6. The first-order valence-electron chi connectivity index (χ1n) is 20.6. The van der Waals surface area contributed by atoms with Gasteiger partial charge >= 0.3 is 0 Å². The third kappa shape index (κ3) is 18.2. The van der Waals surface area contributed by atoms with Crippen LogP contribution in [0, 0.1) is 11.8 Å². The summed E-state index contributed by atoms with van der Waals surface area (Å²) in [7, 11) is 1.18. The number of amides is 11. The number of benzene rings is 1. The predicted octanol–water partition coefficient (Wildman–Crippen LogP) is -5.23. The molecule has 1 aliphatic heterocycles. The van der Waals surface area contributed by atoms with Crippen molar-refractivity contribution in [1.29, 1.82) is 0 Å². The Morgan fingerprint density at radius 2 is 1.42 bits per heavy atom. The molecule has 0 aliphatic carbocycles. The standard InChI is InChI=1S/C40H61N11O13/c1-6-21(4)34-39(63)49-28(19-52)38(62)48-27(15-29(41)54)36(60)47-24(40(64)51(5)18-33(58)46-25(13-20(2)3)35(59)44-16-30(42)55)11-12-31(56)43-17-32(57)45-26(37(61)50-34)14-22-7-9-23(53)10-8-22/h7-10,20-21,24-28,34,52-53H,6,11-19H2,1-5H3,(H2,41,54)(H2,42,55)(H,43,56)(H,44,59)(H,45,57)(H,46,58)(H,47,60)(H,48,62)(H,49,63)(H,50,61)/t21-,24-,25-,26-,27-,28-,34-/m0/s1. The maximum Gasteiger partial charge on any atom is 0.245 e. The first kappa shape index (κ1) is 53.3. The Labute approximate surface area is 369 Å². The molecule has 0 spiro atoms. The van der Waals surface area contributed by atoms with Crippen molar-refractivity contribution in [3.05, 3.63) is 29.8 Å². The van der Waals surface area contributed by atoms with Gasteiger partial charge in [0.1, 0.15) is 42.0 Å². The molecule has 24 nitrogen and oxygen atoms in total. The highest BCUT2D eigenvalue weighted by molar-refractivity contribution is 5.99. The van der Waals surface area contributed by atoms with Gasteiger partial charge < -0.3 is 69.1 Å². The number of phenols is 1. The van der Waals surface area contributed by atoms with E-state index in [2.05, 4.69) is 42.5 Å². The number of nitrogens with zero attached hydrogens (tertiary/aromatic N) is 1. The summed E-state index contributed by atoms with van der Waals surface area (Å²) < 4.78 is 0. The van der Waals surface area contributed by atoms with Crippen LogP contribution in [-0.2, 0) is 59.2 Å². The molecule has 24 heteroatoms. The lowest BCUT2D eigenvalue weighted by molar-refractivity contribution is -0.140.